The van der Waals surface area contributed by atoms with Gasteiger partial charge < -0.3 is 20.7 Å². The Hall–Kier alpha value is -1.79. The molecule has 0 saturated carbocycles. The SMILES string of the molecule is COc1cc(N)ccc1NC(=O)CN(C)CCN(C)C. The number of hydrogen-bond donors (Lipinski definition) is 2. The highest BCUT2D eigenvalue weighted by atomic mass is 16.5. The van der Waals surface area contributed by atoms with Crippen LogP contribution in [-0.4, -0.2) is 63.6 Å². The molecule has 0 spiro atoms. The lowest BCUT2D eigenvalue weighted by atomic mass is 10.2. The first kappa shape index (κ1) is 16.3. The maximum atomic E-state index is 12.0. The van der Waals surface area contributed by atoms with E-state index in [1.807, 2.05) is 26.0 Å². The van der Waals surface area contributed by atoms with Gasteiger partial charge in [0.25, 0.3) is 0 Å². The van der Waals surface area contributed by atoms with E-state index in [2.05, 4.69) is 10.2 Å². The van der Waals surface area contributed by atoms with Crippen LogP contribution in [-0.2, 0) is 4.79 Å². The number of carbonyl (C=O) groups excluding carboxylic acids is 1. The third kappa shape index (κ3) is 5.46. The molecule has 0 unspecified atom stereocenters. The summed E-state index contributed by atoms with van der Waals surface area (Å²) in [6, 6.07) is 5.16. The van der Waals surface area contributed by atoms with Crippen LogP contribution in [0.2, 0.25) is 0 Å². The highest BCUT2D eigenvalue weighted by molar-refractivity contribution is 5.94. The zero-order valence-corrected chi connectivity index (χ0v) is 12.6. The van der Waals surface area contributed by atoms with Crippen molar-refractivity contribution in [2.45, 2.75) is 0 Å². The summed E-state index contributed by atoms with van der Waals surface area (Å²) < 4.78 is 5.20. The van der Waals surface area contributed by atoms with Gasteiger partial charge in [0.05, 0.1) is 19.3 Å². The number of rotatable bonds is 7. The molecule has 112 valence electrons. The number of hydrogen-bond acceptors (Lipinski definition) is 5. The van der Waals surface area contributed by atoms with Crippen molar-refractivity contribution < 1.29 is 9.53 Å². The normalized spacial score (nSPS) is 10.9. The van der Waals surface area contributed by atoms with Gasteiger partial charge in [0, 0.05) is 24.8 Å². The zero-order valence-electron chi connectivity index (χ0n) is 12.6. The molecule has 0 aliphatic rings. The van der Waals surface area contributed by atoms with Crippen LogP contribution >= 0.6 is 0 Å². The summed E-state index contributed by atoms with van der Waals surface area (Å²) >= 11 is 0. The Morgan fingerprint density at radius 2 is 2.00 bits per heavy atom. The van der Waals surface area contributed by atoms with Gasteiger partial charge in [-0.1, -0.05) is 0 Å². The second kappa shape index (κ2) is 7.72. The van der Waals surface area contributed by atoms with E-state index >= 15 is 0 Å². The Morgan fingerprint density at radius 3 is 2.60 bits per heavy atom. The molecule has 1 aromatic rings. The van der Waals surface area contributed by atoms with Gasteiger partial charge >= 0.3 is 0 Å². The third-order valence-electron chi connectivity index (χ3n) is 2.84. The van der Waals surface area contributed by atoms with E-state index in [9.17, 15) is 4.79 Å². The first-order valence-corrected chi connectivity index (χ1v) is 6.49. The quantitative estimate of drug-likeness (QED) is 0.720. The van der Waals surface area contributed by atoms with Gasteiger partial charge in [0.2, 0.25) is 5.91 Å². The lowest BCUT2D eigenvalue weighted by Gasteiger charge is -2.19. The van der Waals surface area contributed by atoms with Crippen LogP contribution in [0.1, 0.15) is 0 Å². The summed E-state index contributed by atoms with van der Waals surface area (Å²) in [4.78, 5) is 16.0. The summed E-state index contributed by atoms with van der Waals surface area (Å²) in [6.45, 7) is 2.08. The molecule has 1 amide bonds. The molecule has 0 aliphatic heterocycles. The molecule has 0 saturated heterocycles. The number of benzene rings is 1. The molecule has 0 aromatic heterocycles. The van der Waals surface area contributed by atoms with Crippen LogP contribution in [0, 0.1) is 0 Å². The average molecular weight is 280 g/mol. The molecule has 0 bridgehead atoms. The van der Waals surface area contributed by atoms with Crippen molar-refractivity contribution in [3.8, 4) is 5.75 Å². The Labute approximate surface area is 120 Å². The second-order valence-electron chi connectivity index (χ2n) is 5.05. The van der Waals surface area contributed by atoms with E-state index in [1.54, 1.807) is 25.3 Å². The number of nitrogen functional groups attached to an aromatic ring is 1. The Kier molecular flexibility index (Phi) is 6.27. The maximum absolute atomic E-state index is 12.0. The predicted octanol–water partition coefficient (Wildman–Crippen LogP) is 0.709. The molecule has 0 atom stereocenters. The van der Waals surface area contributed by atoms with E-state index in [1.165, 1.54) is 0 Å². The average Bonchev–Trinajstić information content (AvgIpc) is 2.38. The molecular formula is C14H24N4O2. The fourth-order valence-corrected chi connectivity index (χ4v) is 1.70. The zero-order chi connectivity index (χ0) is 15.1. The van der Waals surface area contributed by atoms with E-state index in [0.717, 1.165) is 13.1 Å². The lowest BCUT2D eigenvalue weighted by Crippen LogP contribution is -2.35. The van der Waals surface area contributed by atoms with Crippen molar-refractivity contribution in [3.63, 3.8) is 0 Å². The molecule has 6 heteroatoms. The van der Waals surface area contributed by atoms with E-state index in [4.69, 9.17) is 10.5 Å². The summed E-state index contributed by atoms with van der Waals surface area (Å²) in [5.41, 5.74) is 6.91. The third-order valence-corrected chi connectivity index (χ3v) is 2.84. The molecule has 3 N–H and O–H groups in total. The van der Waals surface area contributed by atoms with Crippen LogP contribution in [0.15, 0.2) is 18.2 Å². The number of nitrogens with two attached hydrogens (primary N) is 1. The first-order chi connectivity index (χ1) is 9.42. The van der Waals surface area contributed by atoms with Crippen molar-refractivity contribution >= 4 is 17.3 Å². The molecule has 0 fully saturated rings. The molecular weight excluding hydrogens is 256 g/mol. The van der Waals surface area contributed by atoms with Gasteiger partial charge in [0.15, 0.2) is 0 Å². The van der Waals surface area contributed by atoms with Gasteiger partial charge in [-0.2, -0.15) is 0 Å². The number of ether oxygens (including phenoxy) is 1. The molecule has 1 rings (SSSR count). The number of methoxy groups -OCH3 is 1. The Balaban J connectivity index is 2.54. The van der Waals surface area contributed by atoms with Gasteiger partial charge in [-0.25, -0.2) is 0 Å². The van der Waals surface area contributed by atoms with Crippen molar-refractivity contribution in [1.29, 1.82) is 0 Å². The van der Waals surface area contributed by atoms with Crippen LogP contribution in [0.25, 0.3) is 0 Å². The topological polar surface area (TPSA) is 70.8 Å². The van der Waals surface area contributed by atoms with Gasteiger partial charge in [0.1, 0.15) is 5.75 Å². The van der Waals surface area contributed by atoms with Gasteiger partial charge in [-0.3, -0.25) is 9.69 Å². The van der Waals surface area contributed by atoms with E-state index in [0.29, 0.717) is 23.7 Å². The van der Waals surface area contributed by atoms with Crippen molar-refractivity contribution in [3.05, 3.63) is 18.2 Å². The van der Waals surface area contributed by atoms with Crippen LogP contribution in [0.4, 0.5) is 11.4 Å². The van der Waals surface area contributed by atoms with Crippen molar-refractivity contribution in [2.24, 2.45) is 0 Å². The summed E-state index contributed by atoms with van der Waals surface area (Å²) in [5.74, 6) is 0.489. The van der Waals surface area contributed by atoms with E-state index < -0.39 is 0 Å². The first-order valence-electron chi connectivity index (χ1n) is 6.49. The minimum absolute atomic E-state index is 0.0747. The highest BCUT2D eigenvalue weighted by Gasteiger charge is 2.10. The standard InChI is InChI=1S/C14H24N4O2/c1-17(2)7-8-18(3)10-14(19)16-12-6-5-11(15)9-13(12)20-4/h5-6,9H,7-8,10,15H2,1-4H3,(H,16,19). The Bertz CT molecular complexity index is 449. The minimum atomic E-state index is -0.0747. The number of nitrogens with one attached hydrogen (secondary N) is 1. The van der Waals surface area contributed by atoms with Gasteiger partial charge in [-0.15, -0.1) is 0 Å². The largest absolute Gasteiger partial charge is 0.494 e. The number of amides is 1. The van der Waals surface area contributed by atoms with Crippen LogP contribution in [0.5, 0.6) is 5.75 Å². The molecule has 0 radical (unpaired) electrons. The van der Waals surface area contributed by atoms with Crippen molar-refractivity contribution in [2.75, 3.05) is 58.9 Å². The number of likely N-dealkylation sites (N-methyl/N-ethyl adjacent to an activating group) is 2. The summed E-state index contributed by atoms with van der Waals surface area (Å²) in [7, 11) is 7.48. The smallest absolute Gasteiger partial charge is 0.238 e. The lowest BCUT2D eigenvalue weighted by molar-refractivity contribution is -0.117. The molecule has 20 heavy (non-hydrogen) atoms. The van der Waals surface area contributed by atoms with Crippen molar-refractivity contribution in [1.82, 2.24) is 9.80 Å². The number of anilines is 2. The molecule has 0 heterocycles. The van der Waals surface area contributed by atoms with Crippen LogP contribution < -0.4 is 15.8 Å². The monoisotopic (exact) mass is 280 g/mol. The summed E-state index contributed by atoms with van der Waals surface area (Å²) in [6.07, 6.45) is 0. The van der Waals surface area contributed by atoms with Gasteiger partial charge in [-0.05, 0) is 33.3 Å². The fraction of sp³-hybridized carbons (Fsp3) is 0.500. The predicted molar refractivity (Wildman–Crippen MR) is 82.1 cm³/mol. The Morgan fingerprint density at radius 1 is 1.30 bits per heavy atom. The summed E-state index contributed by atoms with van der Waals surface area (Å²) in [5, 5.41) is 2.83. The van der Waals surface area contributed by atoms with E-state index in [-0.39, 0.29) is 5.91 Å². The number of carbonyl (C=O) groups is 1. The molecule has 6 nitrogen and oxygen atoms in total. The molecule has 0 aliphatic carbocycles. The molecule has 1 aromatic carbocycles. The highest BCUT2D eigenvalue weighted by Crippen LogP contribution is 2.26. The maximum Gasteiger partial charge on any atom is 0.238 e. The number of nitrogens with zero attached hydrogens (tertiary/aromatic N) is 2. The minimum Gasteiger partial charge on any atom is -0.494 e. The van der Waals surface area contributed by atoms with Crippen LogP contribution in [0.3, 0.4) is 0 Å². The second-order valence-corrected chi connectivity index (χ2v) is 5.05. The fourth-order valence-electron chi connectivity index (χ4n) is 1.70.